The quantitative estimate of drug-likeness (QED) is 0.636. The summed E-state index contributed by atoms with van der Waals surface area (Å²) < 4.78 is 25.8. The molecule has 31 heavy (non-hydrogen) atoms. The largest absolute Gasteiger partial charge is 0.341 e. The number of rotatable bonds is 7. The van der Waals surface area contributed by atoms with Crippen LogP contribution in [0, 0.1) is 0 Å². The number of carbonyl (C=O) groups is 2. The number of benzene rings is 2. The number of sulfonamides is 1. The Hall–Kier alpha value is -2.75. The average Bonchev–Trinajstić information content (AvgIpc) is 2.80. The van der Waals surface area contributed by atoms with Crippen LogP contribution in [0.5, 0.6) is 0 Å². The van der Waals surface area contributed by atoms with E-state index in [9.17, 15) is 18.0 Å². The molecular formula is C22H28N4O4S. The van der Waals surface area contributed by atoms with E-state index in [-0.39, 0.29) is 16.4 Å². The molecule has 2 N–H and O–H groups in total. The van der Waals surface area contributed by atoms with Crippen molar-refractivity contribution in [3.63, 3.8) is 0 Å². The molecule has 1 unspecified atom stereocenters. The summed E-state index contributed by atoms with van der Waals surface area (Å²) in [6.07, 6.45) is 3.04. The molecule has 9 heteroatoms. The molecule has 1 aliphatic heterocycles. The van der Waals surface area contributed by atoms with Crippen LogP contribution in [0.2, 0.25) is 0 Å². The van der Waals surface area contributed by atoms with Crippen LogP contribution >= 0.6 is 0 Å². The number of piperidine rings is 1. The second kappa shape index (κ2) is 10.0. The lowest BCUT2D eigenvalue weighted by Gasteiger charge is -2.31. The summed E-state index contributed by atoms with van der Waals surface area (Å²) in [6.45, 7) is 1.39. The number of nitrogens with one attached hydrogen (secondary N) is 2. The van der Waals surface area contributed by atoms with Crippen molar-refractivity contribution in [2.24, 2.45) is 0 Å². The predicted molar refractivity (Wildman–Crippen MR) is 118 cm³/mol. The van der Waals surface area contributed by atoms with Gasteiger partial charge in [0.1, 0.15) is 6.04 Å². The molecule has 0 aromatic heterocycles. The topological polar surface area (TPSA) is 98.8 Å². The highest BCUT2D eigenvalue weighted by atomic mass is 32.2. The molecule has 2 aromatic rings. The fourth-order valence-corrected chi connectivity index (χ4v) is 4.40. The van der Waals surface area contributed by atoms with Crippen molar-refractivity contribution in [1.82, 2.24) is 20.1 Å². The molecule has 2 aromatic carbocycles. The van der Waals surface area contributed by atoms with Crippen LogP contribution < -0.4 is 10.9 Å². The van der Waals surface area contributed by atoms with Gasteiger partial charge in [-0.2, -0.15) is 0 Å². The van der Waals surface area contributed by atoms with Gasteiger partial charge in [0.25, 0.3) is 5.91 Å². The van der Waals surface area contributed by atoms with Gasteiger partial charge in [-0.1, -0.05) is 36.4 Å². The van der Waals surface area contributed by atoms with Gasteiger partial charge in [-0.3, -0.25) is 15.0 Å². The Kier molecular flexibility index (Phi) is 7.42. The van der Waals surface area contributed by atoms with Crippen molar-refractivity contribution < 1.29 is 18.0 Å². The molecule has 1 atom stereocenters. The van der Waals surface area contributed by atoms with Gasteiger partial charge in [0.05, 0.1) is 4.90 Å². The Bertz CT molecular complexity index is 1020. The minimum Gasteiger partial charge on any atom is -0.341 e. The summed E-state index contributed by atoms with van der Waals surface area (Å²) >= 11 is 0. The van der Waals surface area contributed by atoms with Gasteiger partial charge >= 0.3 is 0 Å². The summed E-state index contributed by atoms with van der Waals surface area (Å²) in [5.74, 6) is -0.627. The van der Waals surface area contributed by atoms with E-state index in [1.807, 2.05) is 35.2 Å². The first-order valence-electron chi connectivity index (χ1n) is 10.2. The maximum Gasteiger partial charge on any atom is 0.265 e. The summed E-state index contributed by atoms with van der Waals surface area (Å²) in [5.41, 5.74) is 6.35. The zero-order valence-corrected chi connectivity index (χ0v) is 18.6. The normalized spacial score (nSPS) is 15.5. The molecule has 8 nitrogen and oxygen atoms in total. The van der Waals surface area contributed by atoms with Gasteiger partial charge in [0.15, 0.2) is 0 Å². The molecule has 0 bridgehead atoms. The lowest BCUT2D eigenvalue weighted by molar-refractivity contribution is -0.134. The van der Waals surface area contributed by atoms with E-state index in [1.165, 1.54) is 38.4 Å². The molecule has 3 rings (SSSR count). The third-order valence-electron chi connectivity index (χ3n) is 5.25. The zero-order chi connectivity index (χ0) is 22.4. The van der Waals surface area contributed by atoms with E-state index in [2.05, 4.69) is 10.9 Å². The minimum atomic E-state index is -3.66. The first kappa shape index (κ1) is 22.9. The number of carbonyl (C=O) groups excluding carboxylic acids is 2. The van der Waals surface area contributed by atoms with Crippen molar-refractivity contribution in [1.29, 1.82) is 0 Å². The summed E-state index contributed by atoms with van der Waals surface area (Å²) in [5, 5.41) is 0. The van der Waals surface area contributed by atoms with E-state index in [0.29, 0.717) is 13.1 Å². The molecule has 1 fully saturated rings. The van der Waals surface area contributed by atoms with E-state index in [0.717, 1.165) is 29.1 Å². The third-order valence-corrected chi connectivity index (χ3v) is 7.06. The van der Waals surface area contributed by atoms with Gasteiger partial charge in [0, 0.05) is 32.7 Å². The Balaban J connectivity index is 1.77. The summed E-state index contributed by atoms with van der Waals surface area (Å²) in [7, 11) is -0.801. The molecule has 166 valence electrons. The van der Waals surface area contributed by atoms with Crippen LogP contribution in [-0.2, 0) is 14.8 Å². The van der Waals surface area contributed by atoms with Crippen LogP contribution in [-0.4, -0.2) is 56.6 Å². The fourth-order valence-electron chi connectivity index (χ4n) is 3.45. The van der Waals surface area contributed by atoms with Crippen LogP contribution in [0.15, 0.2) is 59.5 Å². The molecule has 0 spiro atoms. The minimum absolute atomic E-state index is 0.0224. The Morgan fingerprint density at radius 1 is 0.968 bits per heavy atom. The molecule has 2 amide bonds. The number of hydrogen-bond acceptors (Lipinski definition) is 5. The third kappa shape index (κ3) is 5.49. The molecular weight excluding hydrogens is 416 g/mol. The highest BCUT2D eigenvalue weighted by Gasteiger charge is 2.27. The van der Waals surface area contributed by atoms with Gasteiger partial charge in [-0.15, -0.1) is 0 Å². The van der Waals surface area contributed by atoms with Crippen LogP contribution in [0.25, 0.3) is 0 Å². The van der Waals surface area contributed by atoms with Gasteiger partial charge in [0.2, 0.25) is 15.9 Å². The highest BCUT2D eigenvalue weighted by Crippen LogP contribution is 2.19. The maximum absolute atomic E-state index is 13.1. The maximum atomic E-state index is 13.1. The van der Waals surface area contributed by atoms with E-state index < -0.39 is 22.0 Å². The SMILES string of the molecule is CN(C)S(=O)(=O)c1cccc(C(=O)NNC(C(=O)N2CCCCC2)c2ccccc2)c1. The molecule has 0 aliphatic carbocycles. The number of hydrogen-bond donors (Lipinski definition) is 2. The second-order valence-electron chi connectivity index (χ2n) is 7.64. The van der Waals surface area contributed by atoms with Crippen LogP contribution in [0.4, 0.5) is 0 Å². The Morgan fingerprint density at radius 2 is 1.65 bits per heavy atom. The van der Waals surface area contributed by atoms with Crippen LogP contribution in [0.1, 0.15) is 41.2 Å². The van der Waals surface area contributed by atoms with E-state index in [4.69, 9.17) is 0 Å². The number of hydrazine groups is 1. The molecule has 1 heterocycles. The zero-order valence-electron chi connectivity index (χ0n) is 17.7. The van der Waals surface area contributed by atoms with Gasteiger partial charge in [-0.05, 0) is 43.0 Å². The number of likely N-dealkylation sites (tertiary alicyclic amines) is 1. The van der Waals surface area contributed by atoms with Crippen LogP contribution in [0.3, 0.4) is 0 Å². The van der Waals surface area contributed by atoms with Crippen molar-refractivity contribution in [2.75, 3.05) is 27.2 Å². The fraction of sp³-hybridized carbons (Fsp3) is 0.364. The summed E-state index contributed by atoms with van der Waals surface area (Å²) in [6, 6.07) is 14.2. The van der Waals surface area contributed by atoms with Gasteiger partial charge < -0.3 is 4.90 Å². The molecule has 1 aliphatic rings. The average molecular weight is 445 g/mol. The first-order chi connectivity index (χ1) is 14.8. The highest BCUT2D eigenvalue weighted by molar-refractivity contribution is 7.89. The van der Waals surface area contributed by atoms with Gasteiger partial charge in [-0.25, -0.2) is 18.1 Å². The second-order valence-corrected chi connectivity index (χ2v) is 9.80. The molecule has 0 radical (unpaired) electrons. The van der Waals surface area contributed by atoms with Crippen molar-refractivity contribution in [3.8, 4) is 0 Å². The Morgan fingerprint density at radius 3 is 2.29 bits per heavy atom. The molecule has 0 saturated carbocycles. The lowest BCUT2D eigenvalue weighted by Crippen LogP contribution is -2.48. The Labute approximate surface area is 183 Å². The van der Waals surface area contributed by atoms with E-state index in [1.54, 1.807) is 0 Å². The predicted octanol–water partition coefficient (Wildman–Crippen LogP) is 1.93. The van der Waals surface area contributed by atoms with Crippen molar-refractivity contribution >= 4 is 21.8 Å². The van der Waals surface area contributed by atoms with Crippen molar-refractivity contribution in [2.45, 2.75) is 30.2 Å². The van der Waals surface area contributed by atoms with Crippen molar-refractivity contribution in [3.05, 3.63) is 65.7 Å². The monoisotopic (exact) mass is 444 g/mol. The standard InChI is InChI=1S/C22H28N4O4S/c1-25(2)31(29,30)19-13-9-12-18(16-19)21(27)24-23-20(17-10-5-3-6-11-17)22(28)26-14-7-4-8-15-26/h3,5-6,9-13,16,20,23H,4,7-8,14-15H2,1-2H3,(H,24,27). The number of nitrogens with zero attached hydrogens (tertiary/aromatic N) is 2. The smallest absolute Gasteiger partial charge is 0.265 e. The number of amides is 2. The lowest BCUT2D eigenvalue weighted by atomic mass is 10.0. The van der Waals surface area contributed by atoms with E-state index >= 15 is 0 Å². The first-order valence-corrected chi connectivity index (χ1v) is 11.7. The molecule has 1 saturated heterocycles. The summed E-state index contributed by atoms with van der Waals surface area (Å²) in [4.78, 5) is 27.7.